The third-order valence-corrected chi connectivity index (χ3v) is 2.22. The Bertz CT molecular complexity index is 174. The first-order chi connectivity index (χ1) is 7.11. The number of hydrogen-bond donors (Lipinski definition) is 6. The fraction of sp³-hybridized carbons (Fsp3) is 1.00. The molecule has 0 spiro atoms. The average molecular weight is 225 g/mol. The summed E-state index contributed by atoms with van der Waals surface area (Å²) in [6, 6.07) is 0. The summed E-state index contributed by atoms with van der Waals surface area (Å²) in [6.07, 6.45) is -6.82. The lowest BCUT2D eigenvalue weighted by atomic mass is 9.99. The summed E-state index contributed by atoms with van der Waals surface area (Å²) in [4.78, 5) is 9.28. The van der Waals surface area contributed by atoms with Crippen LogP contribution >= 0.6 is 0 Å². The van der Waals surface area contributed by atoms with Crippen molar-refractivity contribution in [3.63, 3.8) is 0 Å². The number of hydrogen-bond acceptors (Lipinski definition) is 8. The Morgan fingerprint density at radius 1 is 0.800 bits per heavy atom. The van der Waals surface area contributed by atoms with Crippen LogP contribution in [0.1, 0.15) is 0 Å². The second kappa shape index (κ2) is 5.68. The molecule has 90 valence electrons. The molecule has 4 atom stereocenters. The van der Waals surface area contributed by atoms with Crippen molar-refractivity contribution in [3.05, 3.63) is 0 Å². The van der Waals surface area contributed by atoms with Crippen LogP contribution in [0.2, 0.25) is 0 Å². The molecule has 8 nitrogen and oxygen atoms in total. The molecule has 0 aromatic heterocycles. The van der Waals surface area contributed by atoms with Gasteiger partial charge >= 0.3 is 0 Å². The molecule has 1 rings (SSSR count). The van der Waals surface area contributed by atoms with Crippen molar-refractivity contribution in [1.29, 1.82) is 0 Å². The maximum Gasteiger partial charge on any atom is 0.133 e. The molecule has 6 N–H and O–H groups in total. The molecule has 0 saturated carbocycles. The van der Waals surface area contributed by atoms with Gasteiger partial charge in [-0.05, 0) is 0 Å². The standard InChI is InChI=1S/C7H15NO7/c9-1-3-5(11)7(13)6(12)4(2-10)15-8-14-3/h3-13H,1-2H2/t3-,4-,5+,6+/m1/s1. The Morgan fingerprint density at radius 3 is 1.53 bits per heavy atom. The van der Waals surface area contributed by atoms with E-state index in [2.05, 4.69) is 9.68 Å². The zero-order valence-electron chi connectivity index (χ0n) is 7.85. The number of aliphatic hydroxyl groups is 5. The summed E-state index contributed by atoms with van der Waals surface area (Å²) in [5.74, 6) is 0. The first kappa shape index (κ1) is 12.7. The van der Waals surface area contributed by atoms with E-state index in [-0.39, 0.29) is 0 Å². The van der Waals surface area contributed by atoms with Gasteiger partial charge in [-0.2, -0.15) is 0 Å². The average Bonchev–Trinajstić information content (AvgIpc) is 2.26. The van der Waals surface area contributed by atoms with Gasteiger partial charge in [-0.1, -0.05) is 5.64 Å². The molecular formula is C7H15NO7. The van der Waals surface area contributed by atoms with Crippen LogP contribution in [-0.2, 0) is 9.68 Å². The minimum absolute atomic E-state index is 0.564. The van der Waals surface area contributed by atoms with Crippen LogP contribution < -0.4 is 5.64 Å². The predicted molar refractivity (Wildman–Crippen MR) is 45.1 cm³/mol. The summed E-state index contributed by atoms with van der Waals surface area (Å²) < 4.78 is 0. The number of aliphatic hydroxyl groups excluding tert-OH is 5. The van der Waals surface area contributed by atoms with Gasteiger partial charge in [-0.25, -0.2) is 0 Å². The lowest BCUT2D eigenvalue weighted by Crippen LogP contribution is -2.56. The van der Waals surface area contributed by atoms with E-state index in [0.29, 0.717) is 0 Å². The number of rotatable bonds is 2. The molecule has 1 aliphatic rings. The second-order valence-corrected chi connectivity index (χ2v) is 3.23. The van der Waals surface area contributed by atoms with E-state index in [1.165, 1.54) is 0 Å². The number of nitrogens with one attached hydrogen (secondary N) is 1. The maximum atomic E-state index is 9.45. The SMILES string of the molecule is OC[C@H]1ONO[C@H](CO)[C@H](O)C(O)[C@H]1O. The monoisotopic (exact) mass is 225 g/mol. The predicted octanol–water partition coefficient (Wildman–Crippen LogP) is -3.74. The normalized spacial score (nSPS) is 39.8. The van der Waals surface area contributed by atoms with Gasteiger partial charge in [0.25, 0.3) is 0 Å². The van der Waals surface area contributed by atoms with Gasteiger partial charge in [0.1, 0.15) is 30.5 Å². The summed E-state index contributed by atoms with van der Waals surface area (Å²) in [5.41, 5.74) is 1.92. The van der Waals surface area contributed by atoms with Gasteiger partial charge in [0.05, 0.1) is 13.2 Å². The lowest BCUT2D eigenvalue weighted by molar-refractivity contribution is -0.298. The van der Waals surface area contributed by atoms with Gasteiger partial charge < -0.3 is 25.5 Å². The van der Waals surface area contributed by atoms with E-state index >= 15 is 0 Å². The quantitative estimate of drug-likeness (QED) is 0.282. The fourth-order valence-corrected chi connectivity index (χ4v) is 1.22. The van der Waals surface area contributed by atoms with Gasteiger partial charge in [-0.15, -0.1) is 0 Å². The van der Waals surface area contributed by atoms with E-state index in [1.54, 1.807) is 0 Å². The highest BCUT2D eigenvalue weighted by Gasteiger charge is 2.38. The van der Waals surface area contributed by atoms with Crippen molar-refractivity contribution in [2.75, 3.05) is 13.2 Å². The van der Waals surface area contributed by atoms with E-state index < -0.39 is 43.7 Å². The van der Waals surface area contributed by atoms with Crippen LogP contribution in [0.3, 0.4) is 0 Å². The van der Waals surface area contributed by atoms with Crippen LogP contribution in [0.25, 0.3) is 0 Å². The molecule has 15 heavy (non-hydrogen) atoms. The Morgan fingerprint density at radius 2 is 1.20 bits per heavy atom. The Kier molecular flexibility index (Phi) is 4.83. The molecule has 8 heteroatoms. The van der Waals surface area contributed by atoms with Crippen molar-refractivity contribution in [2.24, 2.45) is 0 Å². The molecule has 0 bridgehead atoms. The van der Waals surface area contributed by atoms with Crippen LogP contribution in [0.5, 0.6) is 0 Å². The molecule has 0 radical (unpaired) electrons. The summed E-state index contributed by atoms with van der Waals surface area (Å²) in [5, 5.41) is 45.9. The Balaban J connectivity index is 2.69. The van der Waals surface area contributed by atoms with Crippen LogP contribution in [0.15, 0.2) is 0 Å². The maximum absolute atomic E-state index is 9.45. The molecule has 0 aromatic carbocycles. The van der Waals surface area contributed by atoms with Crippen molar-refractivity contribution >= 4 is 0 Å². The highest BCUT2D eigenvalue weighted by molar-refractivity contribution is 4.86. The molecule has 1 saturated heterocycles. The van der Waals surface area contributed by atoms with Gasteiger partial charge in [-0.3, -0.25) is 9.68 Å². The first-order valence-corrected chi connectivity index (χ1v) is 4.44. The summed E-state index contributed by atoms with van der Waals surface area (Å²) >= 11 is 0. The zero-order chi connectivity index (χ0) is 11.4. The van der Waals surface area contributed by atoms with Gasteiger partial charge in [0.15, 0.2) is 0 Å². The zero-order valence-corrected chi connectivity index (χ0v) is 7.85. The van der Waals surface area contributed by atoms with E-state index in [9.17, 15) is 15.3 Å². The summed E-state index contributed by atoms with van der Waals surface area (Å²) in [6.45, 7) is -1.13. The minimum atomic E-state index is -1.58. The fourth-order valence-electron chi connectivity index (χ4n) is 1.22. The molecule has 0 aliphatic carbocycles. The van der Waals surface area contributed by atoms with Crippen molar-refractivity contribution in [1.82, 2.24) is 5.64 Å². The smallest absolute Gasteiger partial charge is 0.133 e. The van der Waals surface area contributed by atoms with Crippen molar-refractivity contribution in [2.45, 2.75) is 30.5 Å². The van der Waals surface area contributed by atoms with Crippen LogP contribution in [0.4, 0.5) is 0 Å². The molecule has 1 heterocycles. The summed E-state index contributed by atoms with van der Waals surface area (Å²) in [7, 11) is 0. The van der Waals surface area contributed by atoms with Crippen LogP contribution in [-0.4, -0.2) is 69.3 Å². The highest BCUT2D eigenvalue weighted by Crippen LogP contribution is 2.14. The molecular weight excluding hydrogens is 210 g/mol. The topological polar surface area (TPSA) is 132 Å². The van der Waals surface area contributed by atoms with Crippen molar-refractivity contribution < 1.29 is 35.2 Å². The third-order valence-electron chi connectivity index (χ3n) is 2.22. The second-order valence-electron chi connectivity index (χ2n) is 3.23. The Hall–Kier alpha value is -0.320. The molecule has 0 unspecified atom stereocenters. The van der Waals surface area contributed by atoms with E-state index in [1.807, 2.05) is 5.64 Å². The van der Waals surface area contributed by atoms with Gasteiger partial charge in [0, 0.05) is 0 Å². The van der Waals surface area contributed by atoms with Crippen molar-refractivity contribution in [3.8, 4) is 0 Å². The minimum Gasteiger partial charge on any atom is -0.393 e. The third kappa shape index (κ3) is 2.83. The van der Waals surface area contributed by atoms with Crippen LogP contribution in [0, 0.1) is 0 Å². The molecule has 0 aromatic rings. The highest BCUT2D eigenvalue weighted by atomic mass is 16.9. The molecule has 1 fully saturated rings. The lowest BCUT2D eigenvalue weighted by Gasteiger charge is -2.34. The van der Waals surface area contributed by atoms with E-state index in [0.717, 1.165) is 0 Å². The van der Waals surface area contributed by atoms with Gasteiger partial charge in [0.2, 0.25) is 0 Å². The van der Waals surface area contributed by atoms with E-state index in [4.69, 9.17) is 10.2 Å². The largest absolute Gasteiger partial charge is 0.393 e. The first-order valence-electron chi connectivity index (χ1n) is 4.44. The molecule has 0 amide bonds. The Labute approximate surface area is 85.6 Å². The molecule has 1 aliphatic heterocycles.